The van der Waals surface area contributed by atoms with Crippen LogP contribution in [-0.4, -0.2) is 0 Å². The summed E-state index contributed by atoms with van der Waals surface area (Å²) in [5.74, 6) is 2.12. The van der Waals surface area contributed by atoms with Gasteiger partial charge < -0.3 is 14.2 Å². The SMILES string of the molecule is c1ccc(N(c2ccc(C3CCCCC3)cc2)c2ccc(C3(c4ccc(N(c5ccccc5)c5cccc6c5oc5ccccc56)cc4)CC4CCC3C4)cc2)cc1. The summed E-state index contributed by atoms with van der Waals surface area (Å²) < 4.78 is 6.59. The molecule has 286 valence electrons. The van der Waals surface area contributed by atoms with Crippen LogP contribution < -0.4 is 9.80 Å². The van der Waals surface area contributed by atoms with E-state index in [1.807, 2.05) is 6.07 Å². The molecule has 2 bridgehead atoms. The number of furan rings is 1. The van der Waals surface area contributed by atoms with Crippen LogP contribution in [0.5, 0.6) is 0 Å². The molecule has 8 aromatic rings. The third-order valence-electron chi connectivity index (χ3n) is 14.0. The van der Waals surface area contributed by atoms with Gasteiger partial charge in [-0.1, -0.05) is 129 Å². The Labute approximate surface area is 342 Å². The minimum absolute atomic E-state index is 0.00444. The summed E-state index contributed by atoms with van der Waals surface area (Å²) in [7, 11) is 0. The van der Waals surface area contributed by atoms with E-state index in [0.29, 0.717) is 11.8 Å². The van der Waals surface area contributed by atoms with E-state index in [2.05, 4.69) is 180 Å². The van der Waals surface area contributed by atoms with Gasteiger partial charge >= 0.3 is 0 Å². The Hall–Kier alpha value is -6.06. The summed E-state index contributed by atoms with van der Waals surface area (Å²) in [5.41, 5.74) is 13.1. The van der Waals surface area contributed by atoms with Crippen LogP contribution in [0.4, 0.5) is 34.1 Å². The minimum Gasteiger partial charge on any atom is -0.454 e. The van der Waals surface area contributed by atoms with Crippen molar-refractivity contribution >= 4 is 56.1 Å². The molecule has 3 unspecified atom stereocenters. The van der Waals surface area contributed by atoms with Gasteiger partial charge in [0.2, 0.25) is 0 Å². The Kier molecular flexibility index (Phi) is 8.91. The first-order valence-corrected chi connectivity index (χ1v) is 21.6. The molecule has 58 heavy (non-hydrogen) atoms. The zero-order valence-electron chi connectivity index (χ0n) is 33.1. The molecular weight excluding hydrogens is 705 g/mol. The summed E-state index contributed by atoms with van der Waals surface area (Å²) in [6.07, 6.45) is 11.9. The van der Waals surface area contributed by atoms with E-state index in [-0.39, 0.29) is 5.41 Å². The van der Waals surface area contributed by atoms with Crippen LogP contribution in [0, 0.1) is 11.8 Å². The predicted molar refractivity (Wildman–Crippen MR) is 242 cm³/mol. The number of benzene rings is 7. The van der Waals surface area contributed by atoms with Gasteiger partial charge in [-0.05, 0) is 139 Å². The lowest BCUT2D eigenvalue weighted by molar-refractivity contribution is 0.320. The highest BCUT2D eigenvalue weighted by Gasteiger charge is 2.52. The Morgan fingerprint density at radius 1 is 0.448 bits per heavy atom. The summed E-state index contributed by atoms with van der Waals surface area (Å²) >= 11 is 0. The first kappa shape index (κ1) is 35.1. The molecule has 0 saturated heterocycles. The predicted octanol–water partition coefficient (Wildman–Crippen LogP) is 15.7. The average molecular weight is 755 g/mol. The van der Waals surface area contributed by atoms with Gasteiger partial charge in [-0.3, -0.25) is 0 Å². The van der Waals surface area contributed by atoms with Crippen molar-refractivity contribution in [3.05, 3.63) is 193 Å². The van der Waals surface area contributed by atoms with E-state index in [0.717, 1.165) is 44.9 Å². The van der Waals surface area contributed by atoms with Crippen molar-refractivity contribution < 1.29 is 4.42 Å². The summed E-state index contributed by atoms with van der Waals surface area (Å²) in [6.45, 7) is 0. The number of hydrogen-bond donors (Lipinski definition) is 0. The molecule has 11 rings (SSSR count). The van der Waals surface area contributed by atoms with E-state index in [4.69, 9.17) is 4.42 Å². The molecule has 3 aliphatic rings. The zero-order chi connectivity index (χ0) is 38.5. The van der Waals surface area contributed by atoms with Crippen molar-refractivity contribution in [3.8, 4) is 0 Å². The van der Waals surface area contributed by atoms with E-state index in [9.17, 15) is 0 Å². The molecule has 3 saturated carbocycles. The minimum atomic E-state index is -0.00444. The molecular formula is C55H50N2O. The Morgan fingerprint density at radius 3 is 1.62 bits per heavy atom. The quantitative estimate of drug-likeness (QED) is 0.146. The van der Waals surface area contributed by atoms with Crippen LogP contribution in [0.1, 0.15) is 80.4 Å². The van der Waals surface area contributed by atoms with Crippen LogP contribution in [0.2, 0.25) is 0 Å². The number of para-hydroxylation sites is 4. The highest BCUT2D eigenvalue weighted by Crippen LogP contribution is 2.60. The van der Waals surface area contributed by atoms with Crippen molar-refractivity contribution in [1.29, 1.82) is 0 Å². The molecule has 0 N–H and O–H groups in total. The Balaban J connectivity index is 0.962. The van der Waals surface area contributed by atoms with Gasteiger partial charge in [-0.2, -0.15) is 0 Å². The lowest BCUT2D eigenvalue weighted by Crippen LogP contribution is -2.34. The average Bonchev–Trinajstić information content (AvgIpc) is 4.03. The van der Waals surface area contributed by atoms with Crippen LogP contribution in [0.25, 0.3) is 21.9 Å². The van der Waals surface area contributed by atoms with Gasteiger partial charge in [-0.15, -0.1) is 0 Å². The topological polar surface area (TPSA) is 19.6 Å². The molecule has 0 spiro atoms. The molecule has 3 heteroatoms. The third-order valence-corrected chi connectivity index (χ3v) is 14.0. The Bertz CT molecular complexity index is 2660. The van der Waals surface area contributed by atoms with Gasteiger partial charge in [-0.25, -0.2) is 0 Å². The molecule has 3 atom stereocenters. The Morgan fingerprint density at radius 2 is 1.00 bits per heavy atom. The fourth-order valence-electron chi connectivity index (χ4n) is 11.3. The fourth-order valence-corrected chi connectivity index (χ4v) is 11.3. The number of anilines is 6. The zero-order valence-corrected chi connectivity index (χ0v) is 33.1. The standard InChI is InChI=1S/C55H50N2O/c1-4-13-40(14-5-1)41-24-31-47(32-25-41)56(45-15-6-2-7-16-45)48-33-27-42(28-34-48)55(38-39-23-26-44(55)37-39)43-29-35-49(36-30-43)57(46-17-8-3-9-18-46)52-21-12-20-51-50-19-10-11-22-53(50)58-54(51)52/h2-3,6-12,15-22,24-25,27-36,39-40,44H,1,4-5,13-14,23,26,37-38H2. The van der Waals surface area contributed by atoms with Gasteiger partial charge in [0.1, 0.15) is 5.58 Å². The number of hydrogen-bond acceptors (Lipinski definition) is 3. The van der Waals surface area contributed by atoms with Crippen LogP contribution in [-0.2, 0) is 5.41 Å². The van der Waals surface area contributed by atoms with Crippen molar-refractivity contribution in [3.63, 3.8) is 0 Å². The molecule has 3 fully saturated rings. The molecule has 3 aliphatic carbocycles. The number of rotatable bonds is 9. The summed E-state index contributed by atoms with van der Waals surface area (Å²) in [5, 5.41) is 2.28. The third kappa shape index (κ3) is 6.02. The van der Waals surface area contributed by atoms with Crippen LogP contribution >= 0.6 is 0 Å². The van der Waals surface area contributed by atoms with Gasteiger partial charge in [0.25, 0.3) is 0 Å². The molecule has 0 radical (unpaired) electrons. The normalized spacial score (nSPS) is 20.5. The molecule has 0 aliphatic heterocycles. The smallest absolute Gasteiger partial charge is 0.159 e. The highest BCUT2D eigenvalue weighted by molar-refractivity contribution is 6.10. The number of nitrogens with zero attached hydrogens (tertiary/aromatic N) is 2. The molecule has 1 heterocycles. The van der Waals surface area contributed by atoms with Crippen molar-refractivity contribution in [2.45, 2.75) is 69.1 Å². The lowest BCUT2D eigenvalue weighted by Gasteiger charge is -2.40. The first-order chi connectivity index (χ1) is 28.7. The van der Waals surface area contributed by atoms with Gasteiger partial charge in [0.05, 0.1) is 5.69 Å². The second kappa shape index (κ2) is 14.7. The molecule has 0 amide bonds. The molecule has 3 nitrogen and oxygen atoms in total. The summed E-state index contributed by atoms with van der Waals surface area (Å²) in [4.78, 5) is 4.79. The number of fused-ring (bicyclic) bond motifs is 5. The lowest BCUT2D eigenvalue weighted by atomic mass is 9.64. The maximum Gasteiger partial charge on any atom is 0.159 e. The molecule has 7 aromatic carbocycles. The van der Waals surface area contributed by atoms with Crippen molar-refractivity contribution in [2.24, 2.45) is 11.8 Å². The van der Waals surface area contributed by atoms with Crippen molar-refractivity contribution in [2.75, 3.05) is 9.80 Å². The second-order valence-corrected chi connectivity index (χ2v) is 17.2. The van der Waals surface area contributed by atoms with E-state index in [1.54, 1.807) is 0 Å². The fraction of sp³-hybridized carbons (Fsp3) is 0.236. The maximum atomic E-state index is 6.59. The second-order valence-electron chi connectivity index (χ2n) is 17.2. The van der Waals surface area contributed by atoms with Crippen LogP contribution in [0.3, 0.4) is 0 Å². The monoisotopic (exact) mass is 754 g/mol. The molecule has 1 aromatic heterocycles. The summed E-state index contributed by atoms with van der Waals surface area (Å²) in [6, 6.07) is 65.2. The van der Waals surface area contributed by atoms with Crippen molar-refractivity contribution in [1.82, 2.24) is 0 Å². The maximum absolute atomic E-state index is 6.59. The van der Waals surface area contributed by atoms with Gasteiger partial charge in [0, 0.05) is 44.6 Å². The highest BCUT2D eigenvalue weighted by atomic mass is 16.3. The van der Waals surface area contributed by atoms with E-state index in [1.165, 1.54) is 91.5 Å². The van der Waals surface area contributed by atoms with E-state index < -0.39 is 0 Å². The first-order valence-electron chi connectivity index (χ1n) is 21.6. The van der Waals surface area contributed by atoms with Gasteiger partial charge in [0.15, 0.2) is 5.58 Å². The van der Waals surface area contributed by atoms with E-state index >= 15 is 0 Å². The largest absolute Gasteiger partial charge is 0.454 e. The van der Waals surface area contributed by atoms with Crippen LogP contribution in [0.15, 0.2) is 180 Å².